The highest BCUT2D eigenvalue weighted by atomic mass is 32.2. The number of esters is 1. The second-order valence-corrected chi connectivity index (χ2v) is 9.85. The molecule has 2 fully saturated rings. The molecule has 1 aromatic heterocycles. The zero-order valence-electron chi connectivity index (χ0n) is 17.4. The Labute approximate surface area is 180 Å². The molecular weight excluding hydrogens is 424 g/mol. The smallest absolute Gasteiger partial charge is 0.310 e. The van der Waals surface area contributed by atoms with E-state index in [0.717, 1.165) is 12.8 Å². The van der Waals surface area contributed by atoms with Gasteiger partial charge < -0.3 is 9.64 Å². The normalized spacial score (nSPS) is 21.3. The molecule has 11 heteroatoms. The van der Waals surface area contributed by atoms with Crippen LogP contribution in [-0.4, -0.2) is 72.6 Å². The number of benzene rings is 1. The number of aromatic nitrogens is 2. The average molecular weight is 451 g/mol. The maximum atomic E-state index is 13.1. The minimum Gasteiger partial charge on any atom is -0.466 e. The maximum absolute atomic E-state index is 13.1. The minimum absolute atomic E-state index is 0.00570. The Balaban J connectivity index is 1.40. The number of piperidine rings is 2. The van der Waals surface area contributed by atoms with Crippen LogP contribution in [0.15, 0.2) is 27.7 Å². The molecule has 2 aliphatic heterocycles. The zero-order chi connectivity index (χ0) is 22.0. The van der Waals surface area contributed by atoms with Gasteiger partial charge >= 0.3 is 5.97 Å². The highest BCUT2D eigenvalue weighted by molar-refractivity contribution is 7.89. The third-order valence-electron chi connectivity index (χ3n) is 6.02. The van der Waals surface area contributed by atoms with Crippen LogP contribution in [0.4, 0.5) is 0 Å². The Kier molecular flexibility index (Phi) is 6.24. The largest absolute Gasteiger partial charge is 0.466 e. The van der Waals surface area contributed by atoms with Crippen molar-refractivity contribution < 1.29 is 27.4 Å². The van der Waals surface area contributed by atoms with Crippen LogP contribution in [0.25, 0.3) is 11.0 Å². The molecule has 10 nitrogen and oxygen atoms in total. The Bertz CT molecular complexity index is 1060. The van der Waals surface area contributed by atoms with Crippen LogP contribution in [0.2, 0.25) is 0 Å². The van der Waals surface area contributed by atoms with Crippen molar-refractivity contribution in [2.75, 3.05) is 32.8 Å². The van der Waals surface area contributed by atoms with Crippen molar-refractivity contribution in [1.29, 1.82) is 0 Å². The van der Waals surface area contributed by atoms with Gasteiger partial charge in [-0.2, -0.15) is 4.31 Å². The predicted molar refractivity (Wildman–Crippen MR) is 109 cm³/mol. The van der Waals surface area contributed by atoms with Gasteiger partial charge in [-0.05, 0) is 55.1 Å². The van der Waals surface area contributed by atoms with Gasteiger partial charge in [0.1, 0.15) is 10.4 Å². The molecule has 2 saturated heterocycles. The van der Waals surface area contributed by atoms with Gasteiger partial charge in [0.15, 0.2) is 5.52 Å². The van der Waals surface area contributed by atoms with Gasteiger partial charge in [-0.1, -0.05) is 6.07 Å². The number of hydrogen-bond donors (Lipinski definition) is 0. The van der Waals surface area contributed by atoms with E-state index < -0.39 is 10.0 Å². The summed E-state index contributed by atoms with van der Waals surface area (Å²) in [6.45, 7) is 3.58. The van der Waals surface area contributed by atoms with E-state index in [9.17, 15) is 18.0 Å². The van der Waals surface area contributed by atoms with Gasteiger partial charge in [-0.15, -0.1) is 0 Å². The molecule has 0 unspecified atom stereocenters. The van der Waals surface area contributed by atoms with Crippen molar-refractivity contribution in [3.63, 3.8) is 0 Å². The lowest BCUT2D eigenvalue weighted by atomic mass is 9.93. The quantitative estimate of drug-likeness (QED) is 0.627. The van der Waals surface area contributed by atoms with Gasteiger partial charge in [0.05, 0.1) is 12.5 Å². The third-order valence-corrected chi connectivity index (χ3v) is 7.95. The van der Waals surface area contributed by atoms with E-state index in [1.807, 2.05) is 0 Å². The number of carbonyl (C=O) groups excluding carboxylic acids is 2. The molecule has 4 rings (SSSR count). The number of carbonyl (C=O) groups is 2. The van der Waals surface area contributed by atoms with Crippen molar-refractivity contribution in [3.8, 4) is 0 Å². The first-order valence-electron chi connectivity index (χ1n) is 10.6. The topological polar surface area (TPSA) is 123 Å². The first-order valence-corrected chi connectivity index (χ1v) is 12.0. The second-order valence-electron chi connectivity index (χ2n) is 7.94. The number of fused-ring (bicyclic) bond motifs is 1. The van der Waals surface area contributed by atoms with Crippen LogP contribution in [0, 0.1) is 11.8 Å². The molecule has 1 atom stereocenters. The fraction of sp³-hybridized carbons (Fsp3) is 0.600. The molecule has 2 aromatic rings. The van der Waals surface area contributed by atoms with E-state index in [0.29, 0.717) is 38.1 Å². The van der Waals surface area contributed by atoms with E-state index in [2.05, 4.69) is 14.9 Å². The molecule has 0 spiro atoms. The Morgan fingerprint density at radius 3 is 2.65 bits per heavy atom. The summed E-state index contributed by atoms with van der Waals surface area (Å²) in [5.41, 5.74) is 0.589. The number of nitrogens with zero attached hydrogens (tertiary/aromatic N) is 4. The Morgan fingerprint density at radius 1 is 1.13 bits per heavy atom. The lowest BCUT2D eigenvalue weighted by Gasteiger charge is -2.36. The lowest BCUT2D eigenvalue weighted by molar-refractivity contribution is -0.152. The standard InChI is InChI=1S/C20H26N4O6S/c1-2-29-20(26)15-5-4-10-23(13-15)19(25)14-8-11-24(12-9-14)31(27,28)17-7-3-6-16-18(17)22-30-21-16/h3,6-7,14-15H,2,4-5,8-13H2,1H3/t15-/m0/s1. The SMILES string of the molecule is CCOC(=O)[C@H]1CCCN(C(=O)C2CCN(S(=O)(=O)c3cccc4nonc34)CC2)C1. The molecule has 0 N–H and O–H groups in total. The summed E-state index contributed by atoms with van der Waals surface area (Å²) < 4.78 is 37.4. The summed E-state index contributed by atoms with van der Waals surface area (Å²) >= 11 is 0. The van der Waals surface area contributed by atoms with Gasteiger partial charge in [0.25, 0.3) is 0 Å². The Hall–Kier alpha value is -2.53. The van der Waals surface area contributed by atoms with E-state index in [-0.39, 0.29) is 47.2 Å². The van der Waals surface area contributed by atoms with E-state index >= 15 is 0 Å². The number of likely N-dealkylation sites (tertiary alicyclic amines) is 1. The number of sulfonamides is 1. The number of amides is 1. The second kappa shape index (κ2) is 8.91. The lowest BCUT2D eigenvalue weighted by Crippen LogP contribution is -2.48. The monoisotopic (exact) mass is 450 g/mol. The minimum atomic E-state index is -3.77. The van der Waals surface area contributed by atoms with Crippen LogP contribution >= 0.6 is 0 Å². The fourth-order valence-electron chi connectivity index (χ4n) is 4.36. The van der Waals surface area contributed by atoms with E-state index in [4.69, 9.17) is 4.74 Å². The van der Waals surface area contributed by atoms with Gasteiger partial charge in [0, 0.05) is 32.1 Å². The summed E-state index contributed by atoms with van der Waals surface area (Å²) in [4.78, 5) is 26.9. The fourth-order valence-corrected chi connectivity index (χ4v) is 5.97. The molecule has 1 amide bonds. The van der Waals surface area contributed by atoms with Crippen molar-refractivity contribution in [1.82, 2.24) is 19.5 Å². The van der Waals surface area contributed by atoms with Gasteiger partial charge in [-0.3, -0.25) is 9.59 Å². The number of hydrogen-bond acceptors (Lipinski definition) is 8. The van der Waals surface area contributed by atoms with Gasteiger partial charge in [-0.25, -0.2) is 13.0 Å². The first-order chi connectivity index (χ1) is 14.9. The van der Waals surface area contributed by atoms with Crippen molar-refractivity contribution in [2.24, 2.45) is 11.8 Å². The summed E-state index contributed by atoms with van der Waals surface area (Å²) in [5.74, 6) is -0.794. The Morgan fingerprint density at radius 2 is 1.90 bits per heavy atom. The van der Waals surface area contributed by atoms with Crippen LogP contribution < -0.4 is 0 Å². The third kappa shape index (κ3) is 4.29. The van der Waals surface area contributed by atoms with E-state index in [1.165, 1.54) is 10.4 Å². The van der Waals surface area contributed by atoms with Crippen molar-refractivity contribution >= 4 is 32.9 Å². The van der Waals surface area contributed by atoms with E-state index in [1.54, 1.807) is 24.0 Å². The molecule has 0 aliphatic carbocycles. The first kappa shape index (κ1) is 21.7. The van der Waals surface area contributed by atoms with Crippen LogP contribution in [0.1, 0.15) is 32.6 Å². The van der Waals surface area contributed by atoms with Crippen LogP contribution in [0.5, 0.6) is 0 Å². The van der Waals surface area contributed by atoms with Gasteiger partial charge in [0.2, 0.25) is 15.9 Å². The van der Waals surface area contributed by atoms with Crippen LogP contribution in [0.3, 0.4) is 0 Å². The number of ether oxygens (including phenoxy) is 1. The average Bonchev–Trinajstić information content (AvgIpc) is 3.28. The number of rotatable bonds is 5. The van der Waals surface area contributed by atoms with Crippen molar-refractivity contribution in [3.05, 3.63) is 18.2 Å². The summed E-state index contributed by atoms with van der Waals surface area (Å²) in [5, 5.41) is 7.43. The predicted octanol–water partition coefficient (Wildman–Crippen LogP) is 1.43. The van der Waals surface area contributed by atoms with Crippen molar-refractivity contribution in [2.45, 2.75) is 37.5 Å². The molecule has 0 saturated carbocycles. The molecule has 168 valence electrons. The molecular formula is C20H26N4O6S. The summed E-state index contributed by atoms with van der Waals surface area (Å²) in [6.07, 6.45) is 2.36. The summed E-state index contributed by atoms with van der Waals surface area (Å²) in [6, 6.07) is 4.73. The molecule has 2 aliphatic rings. The highest BCUT2D eigenvalue weighted by Gasteiger charge is 2.37. The summed E-state index contributed by atoms with van der Waals surface area (Å²) in [7, 11) is -3.77. The molecule has 1 aromatic carbocycles. The van der Waals surface area contributed by atoms with Crippen LogP contribution in [-0.2, 0) is 24.3 Å². The molecule has 3 heterocycles. The molecule has 0 bridgehead atoms. The molecule has 31 heavy (non-hydrogen) atoms. The maximum Gasteiger partial charge on any atom is 0.310 e. The highest BCUT2D eigenvalue weighted by Crippen LogP contribution is 2.29. The zero-order valence-corrected chi connectivity index (χ0v) is 18.2. The molecule has 0 radical (unpaired) electrons.